The van der Waals surface area contributed by atoms with Gasteiger partial charge in [0.15, 0.2) is 0 Å². The molecule has 0 bridgehead atoms. The molecule has 8 heteroatoms. The summed E-state index contributed by atoms with van der Waals surface area (Å²) in [5, 5.41) is 11.3. The van der Waals surface area contributed by atoms with Crippen molar-refractivity contribution in [1.29, 1.82) is 0 Å². The summed E-state index contributed by atoms with van der Waals surface area (Å²) < 4.78 is 0.569. The number of carbonyl (C=O) groups is 3. The number of allylic oxidation sites excluding steroid dienone is 2. The fourth-order valence-corrected chi connectivity index (χ4v) is 4.40. The summed E-state index contributed by atoms with van der Waals surface area (Å²) in [7, 11) is 0. The molecule has 0 radical (unpaired) electrons. The van der Waals surface area contributed by atoms with Crippen molar-refractivity contribution >= 4 is 52.2 Å². The smallest absolute Gasteiger partial charge is 0.303 e. The molecule has 2 rings (SSSR count). The molecule has 166 valence electrons. The second-order valence-corrected chi connectivity index (χ2v) is 8.97. The van der Waals surface area contributed by atoms with Gasteiger partial charge in [-0.15, -0.1) is 0 Å². The molecular weight excluding hydrogens is 432 g/mol. The summed E-state index contributed by atoms with van der Waals surface area (Å²) in [6, 6.07) is 9.94. The summed E-state index contributed by atoms with van der Waals surface area (Å²) in [6.45, 7) is 2.89. The van der Waals surface area contributed by atoms with Crippen LogP contribution in [0.2, 0.25) is 0 Å². The van der Waals surface area contributed by atoms with Gasteiger partial charge in [0.05, 0.1) is 4.91 Å². The second-order valence-electron chi connectivity index (χ2n) is 7.29. The number of hydrogen-bond donors (Lipinski definition) is 2. The maximum absolute atomic E-state index is 12.7. The fourth-order valence-electron chi connectivity index (χ4n) is 3.04. The van der Waals surface area contributed by atoms with Crippen molar-refractivity contribution in [2.45, 2.75) is 45.4 Å². The third-order valence-electron chi connectivity index (χ3n) is 4.60. The number of thiocarbonyl (C=S) groups is 1. The van der Waals surface area contributed by atoms with E-state index in [0.29, 0.717) is 41.6 Å². The lowest BCUT2D eigenvalue weighted by molar-refractivity contribution is -0.137. The van der Waals surface area contributed by atoms with Crippen LogP contribution in [-0.2, 0) is 14.4 Å². The molecule has 1 aromatic carbocycles. The van der Waals surface area contributed by atoms with Gasteiger partial charge in [-0.05, 0) is 43.4 Å². The van der Waals surface area contributed by atoms with Crippen molar-refractivity contribution in [2.75, 3.05) is 13.1 Å². The Morgan fingerprint density at radius 3 is 2.58 bits per heavy atom. The highest BCUT2D eigenvalue weighted by atomic mass is 32.2. The van der Waals surface area contributed by atoms with Crippen LogP contribution in [0.3, 0.4) is 0 Å². The number of nitrogens with one attached hydrogen (secondary N) is 1. The van der Waals surface area contributed by atoms with Crippen LogP contribution in [0.4, 0.5) is 0 Å². The SMILES string of the molecule is CC(/C=C1\SC(=S)N(CCCCCC(=O)NCCCC(=O)O)C1=O)=C\c1ccccc1. The molecule has 0 unspecified atom stereocenters. The highest BCUT2D eigenvalue weighted by Gasteiger charge is 2.31. The Morgan fingerprint density at radius 1 is 1.13 bits per heavy atom. The van der Waals surface area contributed by atoms with Gasteiger partial charge >= 0.3 is 5.97 Å². The Bertz CT molecular complexity index is 866. The van der Waals surface area contributed by atoms with E-state index in [9.17, 15) is 14.4 Å². The van der Waals surface area contributed by atoms with Crippen LogP contribution in [0.1, 0.15) is 51.0 Å². The largest absolute Gasteiger partial charge is 0.481 e. The Morgan fingerprint density at radius 2 is 1.87 bits per heavy atom. The number of rotatable bonds is 12. The zero-order chi connectivity index (χ0) is 22.6. The molecule has 0 atom stereocenters. The Labute approximate surface area is 192 Å². The van der Waals surface area contributed by atoms with Crippen molar-refractivity contribution in [2.24, 2.45) is 0 Å². The molecule has 1 heterocycles. The Balaban J connectivity index is 1.71. The molecule has 1 aromatic rings. The van der Waals surface area contributed by atoms with Crippen LogP contribution < -0.4 is 5.32 Å². The van der Waals surface area contributed by atoms with Crippen LogP contribution >= 0.6 is 24.0 Å². The number of benzene rings is 1. The predicted molar refractivity (Wildman–Crippen MR) is 128 cm³/mol. The first kappa shape index (κ1) is 24.8. The van der Waals surface area contributed by atoms with Crippen molar-refractivity contribution in [3.05, 3.63) is 52.4 Å². The van der Waals surface area contributed by atoms with Crippen LogP contribution in [0.25, 0.3) is 6.08 Å². The van der Waals surface area contributed by atoms with Crippen LogP contribution in [-0.4, -0.2) is 45.2 Å². The van der Waals surface area contributed by atoms with Gasteiger partial charge in [0.1, 0.15) is 4.32 Å². The van der Waals surface area contributed by atoms with Crippen LogP contribution in [0, 0.1) is 0 Å². The molecule has 6 nitrogen and oxygen atoms in total. The highest BCUT2D eigenvalue weighted by molar-refractivity contribution is 8.26. The van der Waals surface area contributed by atoms with Gasteiger partial charge in [0.25, 0.3) is 5.91 Å². The summed E-state index contributed by atoms with van der Waals surface area (Å²) in [6.07, 6.45) is 7.09. The zero-order valence-electron chi connectivity index (χ0n) is 17.6. The Kier molecular flexibility index (Phi) is 10.5. The standard InChI is InChI=1S/C23H28N2O4S2/c1-17(15-18-9-4-2-5-10-18)16-19-22(29)25(23(30)31-19)14-7-3-6-11-20(26)24-13-8-12-21(27)28/h2,4-5,9-10,15-16H,3,6-8,11-14H2,1H3,(H,24,26)(H,27,28)/b17-15+,19-16-. The lowest BCUT2D eigenvalue weighted by atomic mass is 10.1. The average molecular weight is 461 g/mol. The summed E-state index contributed by atoms with van der Waals surface area (Å²) in [5.41, 5.74) is 2.07. The topological polar surface area (TPSA) is 86.7 Å². The van der Waals surface area contributed by atoms with E-state index >= 15 is 0 Å². The second kappa shape index (κ2) is 13.1. The summed E-state index contributed by atoms with van der Waals surface area (Å²) in [4.78, 5) is 37.1. The minimum atomic E-state index is -0.859. The van der Waals surface area contributed by atoms with E-state index in [2.05, 4.69) is 5.32 Å². The van der Waals surface area contributed by atoms with Crippen molar-refractivity contribution in [3.8, 4) is 0 Å². The molecule has 2 amide bonds. The minimum Gasteiger partial charge on any atom is -0.481 e. The van der Waals surface area contributed by atoms with Crippen LogP contribution in [0.5, 0.6) is 0 Å². The number of hydrogen-bond acceptors (Lipinski definition) is 5. The molecule has 1 fully saturated rings. The molecule has 0 spiro atoms. The normalized spacial score (nSPS) is 15.6. The summed E-state index contributed by atoms with van der Waals surface area (Å²) >= 11 is 6.70. The number of aliphatic carboxylic acids is 1. The number of amides is 2. The van der Waals surface area contributed by atoms with Crippen molar-refractivity contribution in [3.63, 3.8) is 0 Å². The molecule has 1 aliphatic heterocycles. The van der Waals surface area contributed by atoms with E-state index in [4.69, 9.17) is 17.3 Å². The highest BCUT2D eigenvalue weighted by Crippen LogP contribution is 2.32. The van der Waals surface area contributed by atoms with Gasteiger partial charge in [-0.3, -0.25) is 19.3 Å². The van der Waals surface area contributed by atoms with E-state index in [-0.39, 0.29) is 18.2 Å². The quantitative estimate of drug-likeness (QED) is 0.274. The molecule has 0 saturated carbocycles. The molecule has 0 aromatic heterocycles. The average Bonchev–Trinajstić information content (AvgIpc) is 2.98. The fraction of sp³-hybridized carbons (Fsp3) is 0.391. The number of carbonyl (C=O) groups excluding carboxylic acids is 2. The van der Waals surface area contributed by atoms with Crippen LogP contribution in [0.15, 0.2) is 46.9 Å². The van der Waals surface area contributed by atoms with E-state index < -0.39 is 5.97 Å². The van der Waals surface area contributed by atoms with E-state index in [1.807, 2.05) is 49.4 Å². The Hall–Kier alpha value is -2.45. The first-order valence-corrected chi connectivity index (χ1v) is 11.6. The lowest BCUT2D eigenvalue weighted by Gasteiger charge is -2.14. The van der Waals surface area contributed by atoms with Crippen molar-refractivity contribution in [1.82, 2.24) is 10.2 Å². The number of carboxylic acids is 1. The minimum absolute atomic E-state index is 0.0556. The third-order valence-corrected chi connectivity index (χ3v) is 5.98. The molecule has 1 saturated heterocycles. The van der Waals surface area contributed by atoms with E-state index in [0.717, 1.165) is 24.0 Å². The van der Waals surface area contributed by atoms with Gasteiger partial charge in [-0.1, -0.05) is 66.8 Å². The molecule has 2 N–H and O–H groups in total. The lowest BCUT2D eigenvalue weighted by Crippen LogP contribution is -2.29. The zero-order valence-corrected chi connectivity index (χ0v) is 19.3. The predicted octanol–water partition coefficient (Wildman–Crippen LogP) is 4.38. The van der Waals surface area contributed by atoms with Gasteiger partial charge in [-0.2, -0.15) is 0 Å². The number of carboxylic acid groups (broad SMARTS) is 1. The van der Waals surface area contributed by atoms with Gasteiger partial charge < -0.3 is 10.4 Å². The first-order valence-electron chi connectivity index (χ1n) is 10.3. The molecule has 0 aliphatic carbocycles. The maximum Gasteiger partial charge on any atom is 0.303 e. The number of unbranched alkanes of at least 4 members (excludes halogenated alkanes) is 2. The molecule has 1 aliphatic rings. The number of nitrogens with zero attached hydrogens (tertiary/aromatic N) is 1. The van der Waals surface area contributed by atoms with Gasteiger partial charge in [-0.25, -0.2) is 0 Å². The number of thioether (sulfide) groups is 1. The van der Waals surface area contributed by atoms with Gasteiger partial charge in [0, 0.05) is 25.9 Å². The molecule has 31 heavy (non-hydrogen) atoms. The molecular formula is C23H28N2O4S2. The first-order chi connectivity index (χ1) is 14.9. The maximum atomic E-state index is 12.7. The monoisotopic (exact) mass is 460 g/mol. The summed E-state index contributed by atoms with van der Waals surface area (Å²) in [5.74, 6) is -0.992. The van der Waals surface area contributed by atoms with E-state index in [1.54, 1.807) is 4.90 Å². The van der Waals surface area contributed by atoms with Gasteiger partial charge in [0.2, 0.25) is 5.91 Å². The van der Waals surface area contributed by atoms with E-state index in [1.165, 1.54) is 11.8 Å². The van der Waals surface area contributed by atoms with Crippen molar-refractivity contribution < 1.29 is 19.5 Å². The third kappa shape index (κ3) is 9.06.